The van der Waals surface area contributed by atoms with Gasteiger partial charge >= 0.3 is 0 Å². The van der Waals surface area contributed by atoms with Crippen LogP contribution < -0.4 is 25.3 Å². The highest BCUT2D eigenvalue weighted by molar-refractivity contribution is 7.80. The van der Waals surface area contributed by atoms with Crippen LogP contribution in [0.25, 0.3) is 0 Å². The summed E-state index contributed by atoms with van der Waals surface area (Å²) in [6.07, 6.45) is 5.02. The first-order valence-corrected chi connectivity index (χ1v) is 12.7. The molecule has 4 rings (SSSR count). The highest BCUT2D eigenvalue weighted by atomic mass is 32.1. The Balaban J connectivity index is 1.50. The number of aromatic nitrogens is 2. The van der Waals surface area contributed by atoms with E-state index in [0.717, 1.165) is 57.4 Å². The van der Waals surface area contributed by atoms with Crippen molar-refractivity contribution >= 4 is 40.6 Å². The van der Waals surface area contributed by atoms with Gasteiger partial charge in [0.2, 0.25) is 5.95 Å². The fourth-order valence-corrected chi connectivity index (χ4v) is 4.55. The van der Waals surface area contributed by atoms with Crippen molar-refractivity contribution in [3.8, 4) is 0 Å². The molecule has 2 aromatic rings. The highest BCUT2D eigenvalue weighted by Crippen LogP contribution is 2.25. The number of rotatable bonds is 6. The first-order chi connectivity index (χ1) is 16.1. The number of hydrogen-bond donors (Lipinski definition) is 2. The average Bonchev–Trinajstić information content (AvgIpc) is 3.13. The monoisotopic (exact) mass is 467 g/mol. The van der Waals surface area contributed by atoms with E-state index in [1.165, 1.54) is 31.4 Å². The molecule has 1 aromatic carbocycles. The zero-order chi connectivity index (χ0) is 23.0. The van der Waals surface area contributed by atoms with Crippen molar-refractivity contribution in [3.63, 3.8) is 0 Å². The third-order valence-electron chi connectivity index (χ3n) is 6.25. The van der Waals surface area contributed by atoms with Gasteiger partial charge in [-0.25, -0.2) is 0 Å². The van der Waals surface area contributed by atoms with Crippen LogP contribution in [0.4, 0.5) is 23.3 Å². The fourth-order valence-electron chi connectivity index (χ4n) is 4.38. The minimum Gasteiger partial charge on any atom is -0.368 e. The Morgan fingerprint density at radius 1 is 0.848 bits per heavy atom. The lowest BCUT2D eigenvalue weighted by molar-refractivity contribution is 0.627. The van der Waals surface area contributed by atoms with Crippen LogP contribution in [0.2, 0.25) is 0 Å². The van der Waals surface area contributed by atoms with Gasteiger partial charge < -0.3 is 25.3 Å². The molecule has 2 saturated heterocycles. The molecule has 2 aliphatic heterocycles. The summed E-state index contributed by atoms with van der Waals surface area (Å²) < 4.78 is 0. The standard InChI is InChI=1S/C25H37N7S/c1-20(2)19-26-25(33)29-24-27-22(31-12-8-3-4-9-13-31)18-23(28-24)32-16-14-30(15-17-32)21-10-6-5-7-11-21/h5-7,10-11,18,20H,3-4,8-9,12-17,19H2,1-2H3,(H2,26,27,28,29,33). The fraction of sp³-hybridized carbons (Fsp3) is 0.560. The summed E-state index contributed by atoms with van der Waals surface area (Å²) in [6, 6.07) is 12.8. The SMILES string of the molecule is CC(C)CNC(=S)Nc1nc(N2CCCCCC2)cc(N2CCN(c3ccccc3)CC2)n1. The zero-order valence-corrected chi connectivity index (χ0v) is 20.8. The van der Waals surface area contributed by atoms with Crippen LogP contribution in [0, 0.1) is 5.92 Å². The van der Waals surface area contributed by atoms with Crippen molar-refractivity contribution in [1.29, 1.82) is 0 Å². The number of hydrogen-bond acceptors (Lipinski definition) is 6. The number of piperazine rings is 1. The van der Waals surface area contributed by atoms with Gasteiger partial charge in [-0.15, -0.1) is 0 Å². The van der Waals surface area contributed by atoms with E-state index < -0.39 is 0 Å². The minimum absolute atomic E-state index is 0.519. The van der Waals surface area contributed by atoms with Crippen LogP contribution >= 0.6 is 12.2 Å². The van der Waals surface area contributed by atoms with Gasteiger partial charge in [-0.3, -0.25) is 0 Å². The lowest BCUT2D eigenvalue weighted by Gasteiger charge is -2.37. The van der Waals surface area contributed by atoms with Gasteiger partial charge in [0.05, 0.1) is 0 Å². The van der Waals surface area contributed by atoms with Gasteiger partial charge in [0, 0.05) is 57.6 Å². The molecule has 178 valence electrons. The summed E-state index contributed by atoms with van der Waals surface area (Å²) in [4.78, 5) is 17.0. The van der Waals surface area contributed by atoms with Crippen molar-refractivity contribution in [3.05, 3.63) is 36.4 Å². The number of anilines is 4. The molecular formula is C25H37N7S. The van der Waals surface area contributed by atoms with Crippen molar-refractivity contribution in [2.24, 2.45) is 5.92 Å². The Morgan fingerprint density at radius 3 is 2.03 bits per heavy atom. The molecule has 0 aliphatic carbocycles. The normalized spacial score (nSPS) is 17.1. The van der Waals surface area contributed by atoms with Gasteiger partial charge in [-0.2, -0.15) is 9.97 Å². The maximum Gasteiger partial charge on any atom is 0.232 e. The summed E-state index contributed by atoms with van der Waals surface area (Å²) in [6.45, 7) is 11.1. The molecule has 8 heteroatoms. The van der Waals surface area contributed by atoms with Gasteiger partial charge in [0.1, 0.15) is 11.6 Å². The lowest BCUT2D eigenvalue weighted by atomic mass is 10.2. The topological polar surface area (TPSA) is 59.6 Å². The predicted octanol–water partition coefficient (Wildman–Crippen LogP) is 4.13. The molecule has 2 fully saturated rings. The second kappa shape index (κ2) is 11.5. The molecule has 0 amide bonds. The largest absolute Gasteiger partial charge is 0.368 e. The average molecular weight is 468 g/mol. The Labute approximate surface area is 203 Å². The number of benzene rings is 1. The van der Waals surface area contributed by atoms with E-state index in [4.69, 9.17) is 22.2 Å². The minimum atomic E-state index is 0.519. The molecule has 2 N–H and O–H groups in total. The molecule has 0 unspecified atom stereocenters. The van der Waals surface area contributed by atoms with Gasteiger partial charge in [0.15, 0.2) is 5.11 Å². The van der Waals surface area contributed by atoms with Crippen molar-refractivity contribution in [1.82, 2.24) is 15.3 Å². The maximum absolute atomic E-state index is 5.51. The van der Waals surface area contributed by atoms with Gasteiger partial charge in [0.25, 0.3) is 0 Å². The van der Waals surface area contributed by atoms with E-state index in [2.05, 4.69) is 75.6 Å². The Morgan fingerprint density at radius 2 is 1.42 bits per heavy atom. The first kappa shape index (κ1) is 23.5. The first-order valence-electron chi connectivity index (χ1n) is 12.3. The molecule has 0 spiro atoms. The number of nitrogens with one attached hydrogen (secondary N) is 2. The number of thiocarbonyl (C=S) groups is 1. The highest BCUT2D eigenvalue weighted by Gasteiger charge is 2.21. The molecule has 0 atom stereocenters. The smallest absolute Gasteiger partial charge is 0.232 e. The van der Waals surface area contributed by atoms with Crippen LogP contribution in [-0.2, 0) is 0 Å². The summed E-state index contributed by atoms with van der Waals surface area (Å²) >= 11 is 5.51. The predicted molar refractivity (Wildman–Crippen MR) is 143 cm³/mol. The second-order valence-electron chi connectivity index (χ2n) is 9.35. The third-order valence-corrected chi connectivity index (χ3v) is 6.50. The van der Waals surface area contributed by atoms with E-state index >= 15 is 0 Å². The summed E-state index contributed by atoms with van der Waals surface area (Å²) in [7, 11) is 0. The summed E-state index contributed by atoms with van der Waals surface area (Å²) in [5.74, 6) is 3.08. The van der Waals surface area contributed by atoms with E-state index in [1.807, 2.05) is 0 Å². The summed E-state index contributed by atoms with van der Waals surface area (Å²) in [5.41, 5.74) is 1.29. The van der Waals surface area contributed by atoms with Crippen LogP contribution in [0.1, 0.15) is 39.5 Å². The molecule has 0 saturated carbocycles. The van der Waals surface area contributed by atoms with Crippen molar-refractivity contribution in [2.75, 3.05) is 65.8 Å². The maximum atomic E-state index is 5.51. The van der Waals surface area contributed by atoms with E-state index in [0.29, 0.717) is 17.0 Å². The van der Waals surface area contributed by atoms with Crippen molar-refractivity contribution in [2.45, 2.75) is 39.5 Å². The Hall–Kier alpha value is -2.61. The third kappa shape index (κ3) is 6.69. The van der Waals surface area contributed by atoms with Crippen LogP contribution in [0.5, 0.6) is 0 Å². The Bertz CT molecular complexity index is 889. The van der Waals surface area contributed by atoms with Crippen molar-refractivity contribution < 1.29 is 0 Å². The molecule has 7 nitrogen and oxygen atoms in total. The number of para-hydroxylation sites is 1. The van der Waals surface area contributed by atoms with E-state index in [-0.39, 0.29) is 0 Å². The van der Waals surface area contributed by atoms with Crippen LogP contribution in [0.15, 0.2) is 36.4 Å². The molecule has 2 aliphatic rings. The molecule has 0 bridgehead atoms. The molecule has 0 radical (unpaired) electrons. The molecular weight excluding hydrogens is 430 g/mol. The molecule has 1 aromatic heterocycles. The van der Waals surface area contributed by atoms with Crippen LogP contribution in [-0.4, -0.2) is 60.9 Å². The van der Waals surface area contributed by atoms with E-state index in [9.17, 15) is 0 Å². The van der Waals surface area contributed by atoms with Gasteiger partial charge in [-0.05, 0) is 43.1 Å². The zero-order valence-electron chi connectivity index (χ0n) is 20.0. The summed E-state index contributed by atoms with van der Waals surface area (Å²) in [5, 5.41) is 7.09. The lowest BCUT2D eigenvalue weighted by Crippen LogP contribution is -2.47. The second-order valence-corrected chi connectivity index (χ2v) is 9.76. The van der Waals surface area contributed by atoms with Crippen LogP contribution in [0.3, 0.4) is 0 Å². The van der Waals surface area contributed by atoms with E-state index in [1.54, 1.807) is 0 Å². The van der Waals surface area contributed by atoms with Gasteiger partial charge in [-0.1, -0.05) is 44.9 Å². The molecule has 3 heterocycles. The Kier molecular flexibility index (Phi) is 8.20. The number of nitrogens with zero attached hydrogens (tertiary/aromatic N) is 5. The quantitative estimate of drug-likeness (QED) is 0.615. The molecule has 33 heavy (non-hydrogen) atoms.